The van der Waals surface area contributed by atoms with Crippen LogP contribution in [0.2, 0.25) is 0 Å². The number of hydrogen-bond acceptors (Lipinski definition) is 4. The molecule has 0 aliphatic heterocycles. The quantitative estimate of drug-likeness (QED) is 0.886. The predicted molar refractivity (Wildman–Crippen MR) is 84.3 cm³/mol. The molecule has 114 valence electrons. The number of aromatic nitrogens is 1. The number of halogens is 1. The smallest absolute Gasteiger partial charge is 0.236 e. The fraction of sp³-hybridized carbons (Fsp3) is 0.333. The van der Waals surface area contributed by atoms with Crippen molar-refractivity contribution in [3.63, 3.8) is 0 Å². The largest absolute Gasteiger partial charge is 0.444 e. The average Bonchev–Trinajstić information content (AvgIpc) is 2.88. The highest BCUT2D eigenvalue weighted by Crippen LogP contribution is 2.19. The zero-order valence-electron chi connectivity index (χ0n) is 12.1. The standard InChI is InChI=1S/C15H19N3O2.ClH/c1-10-3-5-12(6-4-10)15-18-13(9-20-15)7-8-17-14(19)11(2)16;/h3-6,9,11H,7-8,16H2,1-2H3,(H,17,19);1H/t11-;/m1./s1. The van der Waals surface area contributed by atoms with Gasteiger partial charge in [-0.05, 0) is 26.0 Å². The van der Waals surface area contributed by atoms with Crippen LogP contribution < -0.4 is 11.1 Å². The number of amides is 1. The maximum absolute atomic E-state index is 11.3. The van der Waals surface area contributed by atoms with E-state index in [0.29, 0.717) is 18.9 Å². The SMILES string of the molecule is Cc1ccc(-c2nc(CCNC(=O)[C@@H](C)N)co2)cc1.Cl. The summed E-state index contributed by atoms with van der Waals surface area (Å²) >= 11 is 0. The molecule has 2 rings (SSSR count). The van der Waals surface area contributed by atoms with Gasteiger partial charge in [0.15, 0.2) is 0 Å². The van der Waals surface area contributed by atoms with Crippen molar-refractivity contribution in [1.82, 2.24) is 10.3 Å². The number of nitrogens with one attached hydrogen (secondary N) is 1. The van der Waals surface area contributed by atoms with Crippen LogP contribution in [-0.2, 0) is 11.2 Å². The Morgan fingerprint density at radius 2 is 2.05 bits per heavy atom. The third-order valence-electron chi connectivity index (χ3n) is 2.94. The van der Waals surface area contributed by atoms with Crippen LogP contribution in [0.1, 0.15) is 18.2 Å². The second-order valence-corrected chi connectivity index (χ2v) is 4.84. The van der Waals surface area contributed by atoms with E-state index in [9.17, 15) is 4.79 Å². The van der Waals surface area contributed by atoms with Gasteiger partial charge < -0.3 is 15.5 Å². The van der Waals surface area contributed by atoms with Gasteiger partial charge in [0.1, 0.15) is 6.26 Å². The molecule has 0 bridgehead atoms. The third-order valence-corrected chi connectivity index (χ3v) is 2.94. The molecule has 1 heterocycles. The molecule has 0 spiro atoms. The van der Waals surface area contributed by atoms with Crippen LogP contribution in [-0.4, -0.2) is 23.5 Å². The molecule has 1 aromatic heterocycles. The van der Waals surface area contributed by atoms with Gasteiger partial charge in [-0.15, -0.1) is 12.4 Å². The molecular formula is C15H20ClN3O2. The Hall–Kier alpha value is -1.85. The first-order chi connectivity index (χ1) is 9.56. The Morgan fingerprint density at radius 3 is 2.67 bits per heavy atom. The van der Waals surface area contributed by atoms with E-state index in [0.717, 1.165) is 11.3 Å². The van der Waals surface area contributed by atoms with Crippen molar-refractivity contribution in [2.75, 3.05) is 6.54 Å². The minimum atomic E-state index is -0.490. The average molecular weight is 310 g/mol. The number of hydrogen-bond donors (Lipinski definition) is 2. The summed E-state index contributed by atoms with van der Waals surface area (Å²) in [6.07, 6.45) is 2.24. The first kappa shape index (κ1) is 17.2. The fourth-order valence-corrected chi connectivity index (χ4v) is 1.73. The van der Waals surface area contributed by atoms with E-state index >= 15 is 0 Å². The number of nitrogens with zero attached hydrogens (tertiary/aromatic N) is 1. The molecule has 2 aromatic rings. The van der Waals surface area contributed by atoms with E-state index in [1.165, 1.54) is 5.56 Å². The van der Waals surface area contributed by atoms with Crippen molar-refractivity contribution in [3.05, 3.63) is 41.8 Å². The summed E-state index contributed by atoms with van der Waals surface area (Å²) in [7, 11) is 0. The first-order valence-electron chi connectivity index (χ1n) is 6.61. The Balaban J connectivity index is 0.00000220. The Kier molecular flexibility index (Phi) is 6.39. The van der Waals surface area contributed by atoms with E-state index in [2.05, 4.69) is 10.3 Å². The zero-order valence-corrected chi connectivity index (χ0v) is 12.9. The molecule has 0 unspecified atom stereocenters. The van der Waals surface area contributed by atoms with Gasteiger partial charge in [-0.1, -0.05) is 17.7 Å². The van der Waals surface area contributed by atoms with E-state index in [1.54, 1.807) is 13.2 Å². The zero-order chi connectivity index (χ0) is 14.5. The van der Waals surface area contributed by atoms with E-state index in [-0.39, 0.29) is 18.3 Å². The van der Waals surface area contributed by atoms with Crippen molar-refractivity contribution in [1.29, 1.82) is 0 Å². The van der Waals surface area contributed by atoms with Gasteiger partial charge in [0.05, 0.1) is 11.7 Å². The highest BCUT2D eigenvalue weighted by atomic mass is 35.5. The van der Waals surface area contributed by atoms with E-state index < -0.39 is 6.04 Å². The van der Waals surface area contributed by atoms with Gasteiger partial charge in [0.2, 0.25) is 11.8 Å². The van der Waals surface area contributed by atoms with Crippen molar-refractivity contribution in [2.45, 2.75) is 26.3 Å². The molecule has 1 amide bonds. The molecule has 0 fully saturated rings. The lowest BCUT2D eigenvalue weighted by Gasteiger charge is -2.05. The van der Waals surface area contributed by atoms with Crippen LogP contribution >= 0.6 is 12.4 Å². The first-order valence-corrected chi connectivity index (χ1v) is 6.61. The third kappa shape index (κ3) is 4.88. The second-order valence-electron chi connectivity index (χ2n) is 4.84. The number of carbonyl (C=O) groups excluding carboxylic acids is 1. The van der Waals surface area contributed by atoms with Crippen LogP contribution in [0.15, 0.2) is 34.9 Å². The monoisotopic (exact) mass is 309 g/mol. The van der Waals surface area contributed by atoms with Crippen LogP contribution in [0.5, 0.6) is 0 Å². The summed E-state index contributed by atoms with van der Waals surface area (Å²) in [5.74, 6) is 0.436. The summed E-state index contributed by atoms with van der Waals surface area (Å²) in [5.41, 5.74) is 8.41. The van der Waals surface area contributed by atoms with Gasteiger partial charge in [-0.2, -0.15) is 0 Å². The minimum Gasteiger partial charge on any atom is -0.444 e. The minimum absolute atomic E-state index is 0. The van der Waals surface area contributed by atoms with Gasteiger partial charge in [0.25, 0.3) is 0 Å². The van der Waals surface area contributed by atoms with Gasteiger partial charge in [-0.3, -0.25) is 4.79 Å². The molecule has 0 aliphatic rings. The number of benzene rings is 1. The molecule has 1 aromatic carbocycles. The van der Waals surface area contributed by atoms with Crippen LogP contribution in [0, 0.1) is 6.92 Å². The Labute approximate surface area is 130 Å². The number of carbonyl (C=O) groups is 1. The summed E-state index contributed by atoms with van der Waals surface area (Å²) in [6.45, 7) is 4.19. The lowest BCUT2D eigenvalue weighted by molar-refractivity contribution is -0.121. The molecule has 0 saturated heterocycles. The summed E-state index contributed by atoms with van der Waals surface area (Å²) in [5, 5.41) is 2.74. The van der Waals surface area contributed by atoms with Gasteiger partial charge in [-0.25, -0.2) is 4.98 Å². The second kappa shape index (κ2) is 7.81. The maximum atomic E-state index is 11.3. The summed E-state index contributed by atoms with van der Waals surface area (Å²) in [6, 6.07) is 7.49. The molecule has 0 saturated carbocycles. The molecule has 21 heavy (non-hydrogen) atoms. The topological polar surface area (TPSA) is 81.2 Å². The van der Waals surface area contributed by atoms with E-state index in [1.807, 2.05) is 31.2 Å². The number of nitrogens with two attached hydrogens (primary N) is 1. The van der Waals surface area contributed by atoms with Gasteiger partial charge >= 0.3 is 0 Å². The number of rotatable bonds is 5. The van der Waals surface area contributed by atoms with Crippen molar-refractivity contribution in [3.8, 4) is 11.5 Å². The molecule has 3 N–H and O–H groups in total. The summed E-state index contributed by atoms with van der Waals surface area (Å²) < 4.78 is 5.45. The highest BCUT2D eigenvalue weighted by molar-refractivity contribution is 5.85. The predicted octanol–water partition coefficient (Wildman–Crippen LogP) is 2.08. The molecule has 6 heteroatoms. The molecule has 1 atom stereocenters. The van der Waals surface area contributed by atoms with Crippen molar-refractivity contribution in [2.24, 2.45) is 5.73 Å². The lowest BCUT2D eigenvalue weighted by atomic mass is 10.1. The molecule has 0 aliphatic carbocycles. The normalized spacial score (nSPS) is 11.6. The number of aryl methyl sites for hydroxylation is 1. The van der Waals surface area contributed by atoms with Crippen LogP contribution in [0.25, 0.3) is 11.5 Å². The maximum Gasteiger partial charge on any atom is 0.236 e. The fourth-order valence-electron chi connectivity index (χ4n) is 1.73. The Bertz CT molecular complexity index is 579. The Morgan fingerprint density at radius 1 is 1.38 bits per heavy atom. The van der Waals surface area contributed by atoms with Crippen molar-refractivity contribution < 1.29 is 9.21 Å². The van der Waals surface area contributed by atoms with Crippen LogP contribution in [0.3, 0.4) is 0 Å². The molecule has 0 radical (unpaired) electrons. The molecule has 5 nitrogen and oxygen atoms in total. The van der Waals surface area contributed by atoms with Crippen molar-refractivity contribution >= 4 is 18.3 Å². The number of oxazole rings is 1. The highest BCUT2D eigenvalue weighted by Gasteiger charge is 2.08. The van der Waals surface area contributed by atoms with Crippen LogP contribution in [0.4, 0.5) is 0 Å². The van der Waals surface area contributed by atoms with E-state index in [4.69, 9.17) is 10.2 Å². The molecular weight excluding hydrogens is 290 g/mol. The lowest BCUT2D eigenvalue weighted by Crippen LogP contribution is -2.39. The summed E-state index contributed by atoms with van der Waals surface area (Å²) in [4.78, 5) is 15.7. The van der Waals surface area contributed by atoms with Gasteiger partial charge in [0, 0.05) is 18.5 Å².